The van der Waals surface area contributed by atoms with Gasteiger partial charge in [0.2, 0.25) is 0 Å². The molecule has 1 saturated heterocycles. The molecular weight excluding hydrogens is 270 g/mol. The average Bonchev–Trinajstić information content (AvgIpc) is 2.29. The molecule has 0 amide bonds. The van der Waals surface area contributed by atoms with Gasteiger partial charge in [0.15, 0.2) is 0 Å². The van der Waals surface area contributed by atoms with Crippen molar-refractivity contribution in [2.45, 2.75) is 43.9 Å². The molecule has 15 heavy (non-hydrogen) atoms. The van der Waals surface area contributed by atoms with Crippen molar-refractivity contribution in [2.24, 2.45) is 5.92 Å². The Bertz CT molecular complexity index is 210. The average molecular weight is 292 g/mol. The first-order valence-electron chi connectivity index (χ1n) is 5.70. The molecule has 1 nitrogen and oxygen atoms in total. The molecule has 1 rings (SSSR count). The van der Waals surface area contributed by atoms with E-state index >= 15 is 0 Å². The maximum Gasteiger partial charge on any atom is 0.0214 e. The molecule has 1 unspecified atom stereocenters. The van der Waals surface area contributed by atoms with Crippen LogP contribution in [0.1, 0.15) is 33.1 Å². The van der Waals surface area contributed by atoms with Crippen molar-refractivity contribution < 1.29 is 0 Å². The van der Waals surface area contributed by atoms with E-state index in [1.807, 2.05) is 17.2 Å². The Morgan fingerprint density at radius 3 is 3.00 bits per heavy atom. The second kappa shape index (κ2) is 6.31. The third-order valence-corrected chi connectivity index (χ3v) is 5.13. The van der Waals surface area contributed by atoms with Gasteiger partial charge in [-0.05, 0) is 51.0 Å². The fourth-order valence-electron chi connectivity index (χ4n) is 2.43. The second-order valence-electron chi connectivity index (χ2n) is 4.61. The van der Waals surface area contributed by atoms with Gasteiger partial charge >= 0.3 is 0 Å². The van der Waals surface area contributed by atoms with E-state index in [2.05, 4.69) is 41.7 Å². The van der Waals surface area contributed by atoms with Crippen LogP contribution < -0.4 is 5.32 Å². The van der Waals surface area contributed by atoms with E-state index in [1.54, 1.807) is 0 Å². The van der Waals surface area contributed by atoms with E-state index in [9.17, 15) is 0 Å². The Labute approximate surface area is 107 Å². The molecule has 3 atom stereocenters. The lowest BCUT2D eigenvalue weighted by Gasteiger charge is -2.35. The van der Waals surface area contributed by atoms with E-state index in [4.69, 9.17) is 0 Å². The molecule has 1 N–H and O–H groups in total. The van der Waals surface area contributed by atoms with Crippen LogP contribution in [-0.4, -0.2) is 22.7 Å². The zero-order valence-electron chi connectivity index (χ0n) is 9.76. The van der Waals surface area contributed by atoms with Crippen molar-refractivity contribution in [2.75, 3.05) is 11.9 Å². The van der Waals surface area contributed by atoms with Crippen molar-refractivity contribution in [1.29, 1.82) is 0 Å². The number of alkyl halides is 1. The molecule has 1 heterocycles. The van der Waals surface area contributed by atoms with Crippen LogP contribution in [-0.2, 0) is 0 Å². The van der Waals surface area contributed by atoms with E-state index in [0.29, 0.717) is 10.8 Å². The van der Waals surface area contributed by atoms with E-state index in [-0.39, 0.29) is 0 Å². The van der Waals surface area contributed by atoms with Crippen LogP contribution in [0.25, 0.3) is 0 Å². The van der Waals surface area contributed by atoms with Gasteiger partial charge < -0.3 is 5.32 Å². The topological polar surface area (TPSA) is 12.0 Å². The fraction of sp³-hybridized carbons (Fsp3) is 0.833. The van der Waals surface area contributed by atoms with Gasteiger partial charge in [0.25, 0.3) is 0 Å². The first-order chi connectivity index (χ1) is 7.12. The summed E-state index contributed by atoms with van der Waals surface area (Å²) in [5, 5.41) is 6.70. The van der Waals surface area contributed by atoms with Crippen molar-refractivity contribution in [3.63, 3.8) is 0 Å². The summed E-state index contributed by atoms with van der Waals surface area (Å²) >= 11 is 5.50. The molecule has 1 fully saturated rings. The Hall–Kier alpha value is 0.530. The molecule has 1 aliphatic rings. The van der Waals surface area contributed by atoms with Crippen LogP contribution in [0.5, 0.6) is 0 Å². The fourth-order valence-corrected chi connectivity index (χ4v) is 3.99. The molecule has 0 aromatic heterocycles. The molecule has 0 aliphatic carbocycles. The van der Waals surface area contributed by atoms with E-state index < -0.39 is 0 Å². The van der Waals surface area contributed by atoms with Crippen molar-refractivity contribution >= 4 is 27.7 Å². The second-order valence-corrected chi connectivity index (χ2v) is 6.91. The van der Waals surface area contributed by atoms with Gasteiger partial charge in [0, 0.05) is 16.1 Å². The van der Waals surface area contributed by atoms with Crippen LogP contribution in [0.15, 0.2) is 12.0 Å². The van der Waals surface area contributed by atoms with Gasteiger partial charge in [-0.25, -0.2) is 0 Å². The van der Waals surface area contributed by atoms with Crippen LogP contribution in [0.3, 0.4) is 0 Å². The summed E-state index contributed by atoms with van der Waals surface area (Å²) in [4.78, 5) is 0. The third kappa shape index (κ3) is 3.79. The number of hydrogen-bond donors (Lipinski definition) is 1. The third-order valence-electron chi connectivity index (χ3n) is 3.43. The molecule has 0 bridgehead atoms. The molecular formula is C12H22BrNS. The van der Waals surface area contributed by atoms with Gasteiger partial charge in [0.1, 0.15) is 0 Å². The van der Waals surface area contributed by atoms with Gasteiger partial charge in [-0.2, -0.15) is 0 Å². The molecule has 3 heteroatoms. The number of nitrogens with one attached hydrogen (secondary N) is 1. The highest BCUT2D eigenvalue weighted by Crippen LogP contribution is 2.42. The number of thioether (sulfide) groups is 1. The van der Waals surface area contributed by atoms with Gasteiger partial charge in [-0.1, -0.05) is 22.5 Å². The zero-order chi connectivity index (χ0) is 11.3. The Morgan fingerprint density at radius 1 is 1.67 bits per heavy atom. The van der Waals surface area contributed by atoms with Crippen LogP contribution in [0.4, 0.5) is 0 Å². The SMILES string of the molecule is C=CSC1(C)CCN[C@@H](C)C[C@H]1CCBr. The molecule has 88 valence electrons. The predicted molar refractivity (Wildman–Crippen MR) is 74.8 cm³/mol. The molecule has 0 aromatic carbocycles. The van der Waals surface area contributed by atoms with Crippen LogP contribution in [0, 0.1) is 5.92 Å². The van der Waals surface area contributed by atoms with Crippen LogP contribution in [0.2, 0.25) is 0 Å². The zero-order valence-corrected chi connectivity index (χ0v) is 12.2. The molecule has 0 spiro atoms. The summed E-state index contributed by atoms with van der Waals surface area (Å²) in [7, 11) is 0. The summed E-state index contributed by atoms with van der Waals surface area (Å²) in [6.07, 6.45) is 3.79. The van der Waals surface area contributed by atoms with Crippen molar-refractivity contribution in [3.05, 3.63) is 12.0 Å². The maximum absolute atomic E-state index is 3.88. The summed E-state index contributed by atoms with van der Waals surface area (Å²) in [5.41, 5.74) is 0. The number of hydrogen-bond acceptors (Lipinski definition) is 2. The van der Waals surface area contributed by atoms with Gasteiger partial charge in [-0.15, -0.1) is 11.8 Å². The Balaban J connectivity index is 2.73. The van der Waals surface area contributed by atoms with Gasteiger partial charge in [-0.3, -0.25) is 0 Å². The number of halogens is 1. The minimum absolute atomic E-state index is 0.368. The molecule has 1 aliphatic heterocycles. The van der Waals surface area contributed by atoms with Crippen molar-refractivity contribution in [3.8, 4) is 0 Å². The highest BCUT2D eigenvalue weighted by atomic mass is 79.9. The lowest BCUT2D eigenvalue weighted by Crippen LogP contribution is -2.31. The highest BCUT2D eigenvalue weighted by molar-refractivity contribution is 9.09. The smallest absolute Gasteiger partial charge is 0.0214 e. The quantitative estimate of drug-likeness (QED) is 0.791. The minimum atomic E-state index is 0.368. The summed E-state index contributed by atoms with van der Waals surface area (Å²) in [6, 6.07) is 0.654. The largest absolute Gasteiger partial charge is 0.314 e. The molecule has 0 saturated carbocycles. The monoisotopic (exact) mass is 291 g/mol. The first kappa shape index (κ1) is 13.6. The van der Waals surface area contributed by atoms with Crippen molar-refractivity contribution in [1.82, 2.24) is 5.32 Å². The normalized spacial score (nSPS) is 37.3. The maximum atomic E-state index is 3.88. The predicted octanol–water partition coefficient (Wildman–Crippen LogP) is 3.79. The van der Waals surface area contributed by atoms with Crippen LogP contribution >= 0.6 is 27.7 Å². The van der Waals surface area contributed by atoms with E-state index in [1.165, 1.54) is 19.3 Å². The Morgan fingerprint density at radius 2 is 2.40 bits per heavy atom. The highest BCUT2D eigenvalue weighted by Gasteiger charge is 2.36. The standard InChI is InChI=1S/C12H22BrNS/c1-4-15-12(3)6-8-14-10(2)9-11(12)5-7-13/h4,10-11,14H,1,5-9H2,2-3H3/t10-,11+,12?/m0/s1. The lowest BCUT2D eigenvalue weighted by molar-refractivity contribution is 0.359. The summed E-state index contributed by atoms with van der Waals surface area (Å²) in [6.45, 7) is 9.70. The lowest BCUT2D eigenvalue weighted by atomic mass is 9.85. The first-order valence-corrected chi connectivity index (χ1v) is 7.70. The minimum Gasteiger partial charge on any atom is -0.314 e. The Kier molecular flexibility index (Phi) is 5.72. The molecule has 0 aromatic rings. The van der Waals surface area contributed by atoms with Gasteiger partial charge in [0.05, 0.1) is 0 Å². The van der Waals surface area contributed by atoms with E-state index in [0.717, 1.165) is 17.8 Å². The number of rotatable bonds is 4. The summed E-state index contributed by atoms with van der Waals surface area (Å²) in [5.74, 6) is 0.782. The summed E-state index contributed by atoms with van der Waals surface area (Å²) < 4.78 is 0.368. The molecule has 0 radical (unpaired) electrons.